The first-order chi connectivity index (χ1) is 14.5. The van der Waals surface area contributed by atoms with Crippen molar-refractivity contribution >= 4 is 28.9 Å². The average Bonchev–Trinajstić information content (AvgIpc) is 3.24. The van der Waals surface area contributed by atoms with E-state index in [1.54, 1.807) is 0 Å². The molecular formula is C25H31ClN2O2. The molecule has 4 rings (SSSR count). The number of anilines is 2. The van der Waals surface area contributed by atoms with Crippen molar-refractivity contribution in [1.82, 2.24) is 0 Å². The maximum atomic E-state index is 12.5. The summed E-state index contributed by atoms with van der Waals surface area (Å²) < 4.78 is 6.01. The fourth-order valence-electron chi connectivity index (χ4n) is 4.80. The number of amides is 1. The number of benzene rings is 2. The van der Waals surface area contributed by atoms with Gasteiger partial charge in [0.25, 0.3) is 0 Å². The molecule has 1 aliphatic carbocycles. The minimum atomic E-state index is -0.0427. The first-order valence-electron chi connectivity index (χ1n) is 11.0. The second kappa shape index (κ2) is 9.40. The summed E-state index contributed by atoms with van der Waals surface area (Å²) in [6, 6.07) is 12.2. The minimum absolute atomic E-state index is 0.0427. The molecule has 0 spiro atoms. The number of hydrogen-bond donors (Lipinski definition) is 1. The van der Waals surface area contributed by atoms with E-state index in [0.717, 1.165) is 40.5 Å². The first kappa shape index (κ1) is 21.2. The fraction of sp³-hybridized carbons (Fsp3) is 0.480. The van der Waals surface area contributed by atoms with Gasteiger partial charge in [-0.1, -0.05) is 42.6 Å². The van der Waals surface area contributed by atoms with Crippen LogP contribution in [0.5, 0.6) is 0 Å². The van der Waals surface area contributed by atoms with Gasteiger partial charge >= 0.3 is 0 Å². The SMILES string of the molecule is Cc1cc(N2CCOC(c3ccccc3Cl)C2)cc(C)c1NC(=O)CC1CCCC1. The van der Waals surface area contributed by atoms with Gasteiger partial charge in [0.05, 0.1) is 6.61 Å². The molecule has 2 fully saturated rings. The summed E-state index contributed by atoms with van der Waals surface area (Å²) in [4.78, 5) is 14.9. The van der Waals surface area contributed by atoms with Crippen molar-refractivity contribution in [3.63, 3.8) is 0 Å². The normalized spacial score (nSPS) is 19.8. The zero-order valence-electron chi connectivity index (χ0n) is 17.9. The third-order valence-corrected chi connectivity index (χ3v) is 6.76. The van der Waals surface area contributed by atoms with Crippen molar-refractivity contribution in [2.24, 2.45) is 5.92 Å². The van der Waals surface area contributed by atoms with Gasteiger partial charge in [-0.05, 0) is 61.9 Å². The van der Waals surface area contributed by atoms with Crippen LogP contribution < -0.4 is 10.2 Å². The second-order valence-corrected chi connectivity index (χ2v) is 9.09. The van der Waals surface area contributed by atoms with Crippen LogP contribution in [0.25, 0.3) is 0 Å². The average molecular weight is 427 g/mol. The Kier molecular flexibility index (Phi) is 6.64. The molecule has 0 bridgehead atoms. The van der Waals surface area contributed by atoms with E-state index in [-0.39, 0.29) is 12.0 Å². The number of carbonyl (C=O) groups is 1. The lowest BCUT2D eigenvalue weighted by atomic mass is 10.0. The summed E-state index contributed by atoms with van der Waals surface area (Å²) in [5, 5.41) is 3.93. The summed E-state index contributed by atoms with van der Waals surface area (Å²) in [7, 11) is 0. The molecule has 2 aliphatic rings. The third-order valence-electron chi connectivity index (χ3n) is 6.41. The van der Waals surface area contributed by atoms with Gasteiger partial charge < -0.3 is 15.0 Å². The van der Waals surface area contributed by atoms with E-state index in [9.17, 15) is 4.79 Å². The lowest BCUT2D eigenvalue weighted by Crippen LogP contribution is -2.38. The zero-order chi connectivity index (χ0) is 21.1. The van der Waals surface area contributed by atoms with Crippen LogP contribution in [-0.2, 0) is 9.53 Å². The van der Waals surface area contributed by atoms with E-state index in [2.05, 4.69) is 36.2 Å². The Balaban J connectivity index is 1.47. The molecule has 2 aromatic rings. The molecule has 5 heteroatoms. The Labute approximate surface area is 184 Å². The molecule has 1 amide bonds. The lowest BCUT2D eigenvalue weighted by molar-refractivity contribution is -0.117. The van der Waals surface area contributed by atoms with Crippen molar-refractivity contribution in [1.29, 1.82) is 0 Å². The van der Waals surface area contributed by atoms with Gasteiger partial charge in [-0.2, -0.15) is 0 Å². The predicted molar refractivity (Wildman–Crippen MR) is 123 cm³/mol. The lowest BCUT2D eigenvalue weighted by Gasteiger charge is -2.35. The number of carbonyl (C=O) groups excluding carboxylic acids is 1. The molecule has 4 nitrogen and oxygen atoms in total. The van der Waals surface area contributed by atoms with E-state index in [1.165, 1.54) is 31.4 Å². The maximum absolute atomic E-state index is 12.5. The summed E-state index contributed by atoms with van der Waals surface area (Å²) in [5.74, 6) is 0.700. The number of morpholine rings is 1. The van der Waals surface area contributed by atoms with Crippen LogP contribution in [-0.4, -0.2) is 25.6 Å². The molecule has 0 aromatic heterocycles. The van der Waals surface area contributed by atoms with Gasteiger partial charge in [0.15, 0.2) is 0 Å². The smallest absolute Gasteiger partial charge is 0.224 e. The van der Waals surface area contributed by atoms with Gasteiger partial charge in [-0.3, -0.25) is 4.79 Å². The fourth-order valence-corrected chi connectivity index (χ4v) is 5.05. The third kappa shape index (κ3) is 4.81. The maximum Gasteiger partial charge on any atom is 0.224 e. The Morgan fingerprint density at radius 1 is 1.17 bits per heavy atom. The number of nitrogens with zero attached hydrogens (tertiary/aromatic N) is 1. The van der Waals surface area contributed by atoms with Gasteiger partial charge in [-0.25, -0.2) is 0 Å². The number of ether oxygens (including phenoxy) is 1. The highest BCUT2D eigenvalue weighted by Crippen LogP contribution is 2.33. The van der Waals surface area contributed by atoms with Crippen molar-refractivity contribution < 1.29 is 9.53 Å². The summed E-state index contributed by atoms with van der Waals surface area (Å²) in [6.07, 6.45) is 5.50. The molecule has 0 radical (unpaired) electrons. The van der Waals surface area contributed by atoms with Crippen LogP contribution in [0.15, 0.2) is 36.4 Å². The Hall–Kier alpha value is -2.04. The standard InChI is InChI=1S/C25H31ClN2O2/c1-17-13-20(14-18(2)25(17)27-24(29)15-19-7-3-4-8-19)28-11-12-30-23(16-28)21-9-5-6-10-22(21)26/h5-6,9-10,13-14,19,23H,3-4,7-8,11-12,15-16H2,1-2H3,(H,27,29). The number of rotatable bonds is 5. The topological polar surface area (TPSA) is 41.6 Å². The van der Waals surface area contributed by atoms with Crippen LogP contribution in [0.1, 0.15) is 54.9 Å². The van der Waals surface area contributed by atoms with Gasteiger partial charge in [-0.15, -0.1) is 0 Å². The van der Waals surface area contributed by atoms with E-state index in [0.29, 0.717) is 18.9 Å². The minimum Gasteiger partial charge on any atom is -0.370 e. The molecule has 160 valence electrons. The van der Waals surface area contributed by atoms with Crippen LogP contribution in [0.2, 0.25) is 5.02 Å². The molecular weight excluding hydrogens is 396 g/mol. The number of nitrogens with one attached hydrogen (secondary N) is 1. The van der Waals surface area contributed by atoms with E-state index >= 15 is 0 Å². The van der Waals surface area contributed by atoms with Crippen LogP contribution in [0, 0.1) is 19.8 Å². The molecule has 1 heterocycles. The van der Waals surface area contributed by atoms with Crippen molar-refractivity contribution in [2.45, 2.75) is 52.1 Å². The van der Waals surface area contributed by atoms with Crippen molar-refractivity contribution in [2.75, 3.05) is 29.9 Å². The highest BCUT2D eigenvalue weighted by atomic mass is 35.5. The predicted octanol–water partition coefficient (Wildman–Crippen LogP) is 6.05. The zero-order valence-corrected chi connectivity index (χ0v) is 18.7. The molecule has 1 aliphatic heterocycles. The second-order valence-electron chi connectivity index (χ2n) is 8.68. The largest absolute Gasteiger partial charge is 0.370 e. The molecule has 1 saturated carbocycles. The van der Waals surface area contributed by atoms with E-state index in [1.807, 2.05) is 24.3 Å². The molecule has 1 N–H and O–H groups in total. The van der Waals surface area contributed by atoms with Crippen molar-refractivity contribution in [3.05, 3.63) is 58.1 Å². The molecule has 1 saturated heterocycles. The molecule has 1 unspecified atom stereocenters. The Morgan fingerprint density at radius 2 is 1.87 bits per heavy atom. The monoisotopic (exact) mass is 426 g/mol. The van der Waals surface area contributed by atoms with E-state index < -0.39 is 0 Å². The number of halogens is 1. The van der Waals surface area contributed by atoms with Gasteiger partial charge in [0.2, 0.25) is 5.91 Å². The quantitative estimate of drug-likeness (QED) is 0.632. The summed E-state index contributed by atoms with van der Waals surface area (Å²) in [6.45, 7) is 6.42. The number of aryl methyl sites for hydroxylation is 2. The Bertz CT molecular complexity index is 885. The highest BCUT2D eigenvalue weighted by molar-refractivity contribution is 6.31. The molecule has 1 atom stereocenters. The van der Waals surface area contributed by atoms with Crippen molar-refractivity contribution in [3.8, 4) is 0 Å². The Morgan fingerprint density at radius 3 is 2.57 bits per heavy atom. The highest BCUT2D eigenvalue weighted by Gasteiger charge is 2.25. The molecule has 30 heavy (non-hydrogen) atoms. The van der Waals surface area contributed by atoms with Crippen LogP contribution in [0.3, 0.4) is 0 Å². The van der Waals surface area contributed by atoms with E-state index in [4.69, 9.17) is 16.3 Å². The summed E-state index contributed by atoms with van der Waals surface area (Å²) in [5.41, 5.74) is 5.36. The first-order valence-corrected chi connectivity index (χ1v) is 11.4. The van der Waals surface area contributed by atoms with Crippen LogP contribution >= 0.6 is 11.6 Å². The van der Waals surface area contributed by atoms with Gasteiger partial charge in [0, 0.05) is 41.5 Å². The molecule has 2 aromatic carbocycles. The van der Waals surface area contributed by atoms with Crippen LogP contribution in [0.4, 0.5) is 11.4 Å². The van der Waals surface area contributed by atoms with Gasteiger partial charge in [0.1, 0.15) is 6.10 Å². The summed E-state index contributed by atoms with van der Waals surface area (Å²) >= 11 is 6.39. The number of hydrogen-bond acceptors (Lipinski definition) is 3.